The minimum atomic E-state index is -0.945. The molecule has 1 N–H and O–H groups in total. The first kappa shape index (κ1) is 14.7. The third-order valence-electron chi connectivity index (χ3n) is 3.05. The van der Waals surface area contributed by atoms with Crippen LogP contribution in [0.4, 0.5) is 0 Å². The van der Waals surface area contributed by atoms with Crippen LogP contribution < -0.4 is 0 Å². The minimum absolute atomic E-state index is 0.121. The molecular formula is C13H15ClN2O4. The van der Waals surface area contributed by atoms with Gasteiger partial charge in [-0.15, -0.1) is 0 Å². The fraction of sp³-hybridized carbons (Fsp3) is 0.462. The Bertz CT molecular complexity index is 535. The van der Waals surface area contributed by atoms with Gasteiger partial charge in [-0.3, -0.25) is 14.6 Å². The highest BCUT2D eigenvalue weighted by molar-refractivity contribution is 6.33. The molecule has 1 aliphatic heterocycles. The first-order valence-corrected chi connectivity index (χ1v) is 6.60. The summed E-state index contributed by atoms with van der Waals surface area (Å²) in [6, 6.07) is 1.63. The van der Waals surface area contributed by atoms with Crippen LogP contribution in [0.25, 0.3) is 0 Å². The quantitative estimate of drug-likeness (QED) is 0.911. The molecule has 6 nitrogen and oxygen atoms in total. The van der Waals surface area contributed by atoms with Crippen molar-refractivity contribution in [3.8, 4) is 0 Å². The van der Waals surface area contributed by atoms with Crippen molar-refractivity contribution in [2.75, 3.05) is 19.7 Å². The fourth-order valence-electron chi connectivity index (χ4n) is 2.08. The molecule has 108 valence electrons. The molecule has 1 saturated heterocycles. The highest BCUT2D eigenvalue weighted by Crippen LogP contribution is 2.19. The van der Waals surface area contributed by atoms with Crippen LogP contribution in [0.1, 0.15) is 22.5 Å². The summed E-state index contributed by atoms with van der Waals surface area (Å²) < 4.78 is 5.33. The van der Waals surface area contributed by atoms with Gasteiger partial charge >= 0.3 is 5.97 Å². The predicted molar refractivity (Wildman–Crippen MR) is 71.9 cm³/mol. The molecule has 0 bridgehead atoms. The number of aromatic nitrogens is 1. The number of hydrogen-bond acceptors (Lipinski definition) is 4. The molecule has 1 aliphatic rings. The standard InChI is InChI=1S/C13H15ClN2O4/c1-8-4-11(14)10(6-15-8)13(19)16-2-3-20-9(7-16)5-12(17)18/h4,6,9H,2-3,5,7H2,1H3,(H,17,18). The smallest absolute Gasteiger partial charge is 0.306 e. The van der Waals surface area contributed by atoms with Gasteiger partial charge in [-0.2, -0.15) is 0 Å². The van der Waals surface area contributed by atoms with E-state index in [1.165, 1.54) is 6.20 Å². The van der Waals surface area contributed by atoms with Gasteiger partial charge in [-0.25, -0.2) is 0 Å². The van der Waals surface area contributed by atoms with E-state index in [1.807, 2.05) is 0 Å². The van der Waals surface area contributed by atoms with Gasteiger partial charge in [0.1, 0.15) is 0 Å². The number of halogens is 1. The van der Waals surface area contributed by atoms with Crippen LogP contribution in [0.15, 0.2) is 12.3 Å². The molecule has 0 aromatic carbocycles. The van der Waals surface area contributed by atoms with Crippen LogP contribution in [-0.2, 0) is 9.53 Å². The monoisotopic (exact) mass is 298 g/mol. The zero-order valence-electron chi connectivity index (χ0n) is 11.0. The number of carboxylic acid groups (broad SMARTS) is 1. The average Bonchev–Trinajstić information content (AvgIpc) is 2.37. The van der Waals surface area contributed by atoms with E-state index in [0.717, 1.165) is 5.69 Å². The first-order valence-electron chi connectivity index (χ1n) is 6.22. The molecular weight excluding hydrogens is 284 g/mol. The van der Waals surface area contributed by atoms with Crippen molar-refractivity contribution in [2.45, 2.75) is 19.4 Å². The number of amides is 1. The number of hydrogen-bond donors (Lipinski definition) is 1. The van der Waals surface area contributed by atoms with Crippen molar-refractivity contribution >= 4 is 23.5 Å². The van der Waals surface area contributed by atoms with Crippen molar-refractivity contribution in [1.29, 1.82) is 0 Å². The molecule has 1 aromatic rings. The summed E-state index contributed by atoms with van der Waals surface area (Å²) in [6.45, 7) is 2.77. The molecule has 1 unspecified atom stereocenters. The van der Waals surface area contributed by atoms with Crippen molar-refractivity contribution in [2.24, 2.45) is 0 Å². The maximum atomic E-state index is 12.4. The van der Waals surface area contributed by atoms with Gasteiger partial charge < -0.3 is 14.7 Å². The highest BCUT2D eigenvalue weighted by atomic mass is 35.5. The van der Waals surface area contributed by atoms with Crippen LogP contribution >= 0.6 is 11.6 Å². The number of morpholine rings is 1. The van der Waals surface area contributed by atoms with Gasteiger partial charge in [0.15, 0.2) is 0 Å². The molecule has 1 atom stereocenters. The summed E-state index contributed by atoms with van der Waals surface area (Å²) in [7, 11) is 0. The van der Waals surface area contributed by atoms with Gasteiger partial charge in [-0.1, -0.05) is 11.6 Å². The molecule has 0 aliphatic carbocycles. The van der Waals surface area contributed by atoms with Crippen molar-refractivity contribution in [1.82, 2.24) is 9.88 Å². The summed E-state index contributed by atoms with van der Waals surface area (Å²) in [6.07, 6.45) is 0.841. The summed E-state index contributed by atoms with van der Waals surface area (Å²) in [4.78, 5) is 28.7. The third-order valence-corrected chi connectivity index (χ3v) is 3.36. The van der Waals surface area contributed by atoms with Crippen molar-refractivity contribution in [3.05, 3.63) is 28.5 Å². The number of nitrogens with zero attached hydrogens (tertiary/aromatic N) is 2. The number of carboxylic acids is 1. The Hall–Kier alpha value is -1.66. The number of carbonyl (C=O) groups excluding carboxylic acids is 1. The lowest BCUT2D eigenvalue weighted by molar-refractivity contribution is -0.141. The second kappa shape index (κ2) is 6.19. The summed E-state index contributed by atoms with van der Waals surface area (Å²) in [5.74, 6) is -1.19. The molecule has 0 radical (unpaired) electrons. The van der Waals surface area contributed by atoms with E-state index >= 15 is 0 Å². The molecule has 7 heteroatoms. The summed E-state index contributed by atoms with van der Waals surface area (Å²) >= 11 is 6.05. The summed E-state index contributed by atoms with van der Waals surface area (Å²) in [5.41, 5.74) is 1.06. The van der Waals surface area contributed by atoms with Gasteiger partial charge in [0.05, 0.1) is 29.7 Å². The van der Waals surface area contributed by atoms with Gasteiger partial charge in [0.2, 0.25) is 0 Å². The van der Waals surface area contributed by atoms with E-state index in [9.17, 15) is 9.59 Å². The van der Waals surface area contributed by atoms with Gasteiger partial charge in [0.25, 0.3) is 5.91 Å². The second-order valence-electron chi connectivity index (χ2n) is 4.65. The number of carbonyl (C=O) groups is 2. The SMILES string of the molecule is Cc1cc(Cl)c(C(=O)N2CCOC(CC(=O)O)C2)cn1. The number of aliphatic carboxylic acids is 1. The molecule has 1 fully saturated rings. The lowest BCUT2D eigenvalue weighted by atomic mass is 10.1. The van der Waals surface area contributed by atoms with Crippen molar-refractivity contribution < 1.29 is 19.4 Å². The molecule has 1 aromatic heterocycles. The Morgan fingerprint density at radius 2 is 2.35 bits per heavy atom. The number of aryl methyl sites for hydroxylation is 1. The zero-order chi connectivity index (χ0) is 14.7. The van der Waals surface area contributed by atoms with Crippen LogP contribution in [0.2, 0.25) is 5.02 Å². The normalized spacial score (nSPS) is 18.9. The van der Waals surface area contributed by atoms with Crippen LogP contribution in [0.3, 0.4) is 0 Å². The van der Waals surface area contributed by atoms with Gasteiger partial charge in [-0.05, 0) is 13.0 Å². The lowest BCUT2D eigenvalue weighted by Crippen LogP contribution is -2.46. The molecule has 20 heavy (non-hydrogen) atoms. The Morgan fingerprint density at radius 1 is 1.60 bits per heavy atom. The van der Waals surface area contributed by atoms with Gasteiger partial charge in [0, 0.05) is 25.0 Å². The van der Waals surface area contributed by atoms with E-state index in [-0.39, 0.29) is 18.9 Å². The Labute approximate surface area is 121 Å². The topological polar surface area (TPSA) is 79.7 Å². The molecule has 0 saturated carbocycles. The maximum absolute atomic E-state index is 12.4. The average molecular weight is 299 g/mol. The molecule has 2 heterocycles. The van der Waals surface area contributed by atoms with Crippen LogP contribution in [0.5, 0.6) is 0 Å². The molecule has 0 spiro atoms. The first-order chi connectivity index (χ1) is 9.47. The zero-order valence-corrected chi connectivity index (χ0v) is 11.8. The molecule has 2 rings (SSSR count). The van der Waals surface area contributed by atoms with Crippen LogP contribution in [0, 0.1) is 6.92 Å². The van der Waals surface area contributed by atoms with E-state index < -0.39 is 12.1 Å². The minimum Gasteiger partial charge on any atom is -0.481 e. The van der Waals surface area contributed by atoms with E-state index in [2.05, 4.69) is 4.98 Å². The fourth-order valence-corrected chi connectivity index (χ4v) is 2.36. The Kier molecular flexibility index (Phi) is 4.57. The number of rotatable bonds is 3. The van der Waals surface area contributed by atoms with E-state index in [0.29, 0.717) is 23.7 Å². The maximum Gasteiger partial charge on any atom is 0.306 e. The summed E-state index contributed by atoms with van der Waals surface area (Å²) in [5, 5.41) is 9.12. The lowest BCUT2D eigenvalue weighted by Gasteiger charge is -2.32. The highest BCUT2D eigenvalue weighted by Gasteiger charge is 2.27. The predicted octanol–water partition coefficient (Wildman–Crippen LogP) is 1.36. The largest absolute Gasteiger partial charge is 0.481 e. The van der Waals surface area contributed by atoms with E-state index in [4.69, 9.17) is 21.4 Å². The van der Waals surface area contributed by atoms with E-state index in [1.54, 1.807) is 17.9 Å². The Morgan fingerprint density at radius 3 is 3.00 bits per heavy atom. The third kappa shape index (κ3) is 3.46. The number of ether oxygens (including phenoxy) is 1. The Balaban J connectivity index is 2.10. The number of pyridine rings is 1. The van der Waals surface area contributed by atoms with Crippen LogP contribution in [-0.4, -0.2) is 52.7 Å². The second-order valence-corrected chi connectivity index (χ2v) is 5.05. The molecule has 1 amide bonds. The van der Waals surface area contributed by atoms with Crippen molar-refractivity contribution in [3.63, 3.8) is 0 Å².